The van der Waals surface area contributed by atoms with Gasteiger partial charge in [0.15, 0.2) is 0 Å². The third kappa shape index (κ3) is 2.57. The summed E-state index contributed by atoms with van der Waals surface area (Å²) in [6.45, 7) is 1.30. The second kappa shape index (κ2) is 5.18. The van der Waals surface area contributed by atoms with E-state index in [1.54, 1.807) is 6.07 Å². The molecule has 1 N–H and O–H groups in total. The van der Waals surface area contributed by atoms with Crippen LogP contribution in [-0.4, -0.2) is 16.9 Å². The van der Waals surface area contributed by atoms with Crippen LogP contribution < -0.4 is 5.32 Å². The Balaban J connectivity index is 3.24. The number of hydrogen-bond donors (Lipinski definition) is 1. The molecule has 0 aromatic heterocycles. The van der Waals surface area contributed by atoms with Gasteiger partial charge in [-0.05, 0) is 13.0 Å². The maximum Gasteiger partial charge on any atom is 0.305 e. The smallest absolute Gasteiger partial charge is 0.305 e. The summed E-state index contributed by atoms with van der Waals surface area (Å²) in [6, 6.07) is 1.89. The van der Waals surface area contributed by atoms with Gasteiger partial charge in [0.2, 0.25) is 5.82 Å². The Bertz CT molecular complexity index is 554. The third-order valence-corrected chi connectivity index (χ3v) is 2.04. The number of nitrogens with zero attached hydrogens (tertiary/aromatic N) is 2. The summed E-state index contributed by atoms with van der Waals surface area (Å²) in [5.41, 5.74) is -2.09. The van der Waals surface area contributed by atoms with Gasteiger partial charge in [-0.25, -0.2) is 4.39 Å². The maximum absolute atomic E-state index is 13.6. The van der Waals surface area contributed by atoms with Crippen molar-refractivity contribution >= 4 is 11.6 Å². The molecule has 18 heavy (non-hydrogen) atoms. The summed E-state index contributed by atoms with van der Waals surface area (Å²) in [7, 11) is 0. The fraction of sp³-hybridized carbons (Fsp3) is 0.200. The van der Waals surface area contributed by atoms with Crippen molar-refractivity contribution in [1.29, 1.82) is 5.26 Å². The summed E-state index contributed by atoms with van der Waals surface area (Å²) in [4.78, 5) is 20.8. The molecule has 0 bridgehead atoms. The van der Waals surface area contributed by atoms with Crippen LogP contribution in [-0.2, 0) is 0 Å². The molecule has 1 aromatic rings. The number of nitro groups is 1. The average Bonchev–Trinajstić information content (AvgIpc) is 2.28. The maximum atomic E-state index is 13.6. The zero-order valence-electron chi connectivity index (χ0n) is 9.11. The summed E-state index contributed by atoms with van der Waals surface area (Å²) in [6.07, 6.45) is 0. The normalized spacial score (nSPS) is 11.4. The Kier molecular flexibility index (Phi) is 3.89. The van der Waals surface area contributed by atoms with Crippen molar-refractivity contribution in [3.8, 4) is 6.07 Å². The van der Waals surface area contributed by atoms with Gasteiger partial charge < -0.3 is 5.32 Å². The Morgan fingerprint density at radius 2 is 2.17 bits per heavy atom. The molecule has 0 spiro atoms. The van der Waals surface area contributed by atoms with Crippen LogP contribution in [0.5, 0.6) is 0 Å². The quantitative estimate of drug-likeness (QED) is 0.654. The van der Waals surface area contributed by atoms with E-state index in [1.807, 2.05) is 5.32 Å². The highest BCUT2D eigenvalue weighted by molar-refractivity contribution is 5.95. The number of nitrogens with one attached hydrogen (secondary N) is 1. The van der Waals surface area contributed by atoms with Crippen LogP contribution >= 0.6 is 0 Å². The van der Waals surface area contributed by atoms with Gasteiger partial charge in [0.05, 0.1) is 11.0 Å². The van der Waals surface area contributed by atoms with E-state index < -0.39 is 39.8 Å². The lowest BCUT2D eigenvalue weighted by Crippen LogP contribution is -2.32. The van der Waals surface area contributed by atoms with Gasteiger partial charge in [0.25, 0.3) is 5.91 Å². The number of nitro benzene ring substituents is 1. The van der Waals surface area contributed by atoms with Crippen LogP contribution in [0, 0.1) is 33.1 Å². The highest BCUT2D eigenvalue weighted by Gasteiger charge is 2.26. The van der Waals surface area contributed by atoms with Crippen molar-refractivity contribution in [2.24, 2.45) is 0 Å². The largest absolute Gasteiger partial charge is 0.336 e. The summed E-state index contributed by atoms with van der Waals surface area (Å²) in [5.74, 6) is -4.02. The predicted octanol–water partition coefficient (Wildman–Crippen LogP) is 1.51. The first-order valence-electron chi connectivity index (χ1n) is 4.71. The summed E-state index contributed by atoms with van der Waals surface area (Å²) >= 11 is 0. The highest BCUT2D eigenvalue weighted by atomic mass is 19.1. The van der Waals surface area contributed by atoms with Crippen LogP contribution in [0.3, 0.4) is 0 Å². The van der Waals surface area contributed by atoms with Crippen molar-refractivity contribution in [2.75, 3.05) is 0 Å². The lowest BCUT2D eigenvalue weighted by Gasteiger charge is -2.08. The molecule has 0 saturated heterocycles. The molecule has 1 atom stereocenters. The molecule has 8 heteroatoms. The van der Waals surface area contributed by atoms with E-state index in [9.17, 15) is 23.7 Å². The van der Waals surface area contributed by atoms with Gasteiger partial charge in [-0.15, -0.1) is 0 Å². The van der Waals surface area contributed by atoms with Gasteiger partial charge >= 0.3 is 5.69 Å². The van der Waals surface area contributed by atoms with Crippen LogP contribution in [0.1, 0.15) is 17.3 Å². The van der Waals surface area contributed by atoms with E-state index in [0.717, 1.165) is 0 Å². The number of carbonyl (C=O) groups is 1. The van der Waals surface area contributed by atoms with Crippen LogP contribution in [0.15, 0.2) is 12.1 Å². The number of rotatable bonds is 3. The minimum absolute atomic E-state index is 0.618. The molecule has 0 aliphatic heterocycles. The molecular weight excluding hydrogens is 248 g/mol. The highest BCUT2D eigenvalue weighted by Crippen LogP contribution is 2.22. The molecule has 1 aromatic carbocycles. The monoisotopic (exact) mass is 255 g/mol. The van der Waals surface area contributed by atoms with E-state index in [0.29, 0.717) is 12.1 Å². The Morgan fingerprint density at radius 3 is 2.67 bits per heavy atom. The first-order chi connectivity index (χ1) is 8.38. The van der Waals surface area contributed by atoms with Crippen LogP contribution in [0.25, 0.3) is 0 Å². The van der Waals surface area contributed by atoms with Crippen molar-refractivity contribution in [2.45, 2.75) is 13.0 Å². The Morgan fingerprint density at radius 1 is 1.56 bits per heavy atom. The van der Waals surface area contributed by atoms with Gasteiger partial charge in [-0.3, -0.25) is 14.9 Å². The number of carbonyl (C=O) groups excluding carboxylic acids is 1. The number of amides is 1. The third-order valence-electron chi connectivity index (χ3n) is 2.04. The second-order valence-electron chi connectivity index (χ2n) is 3.34. The predicted molar refractivity (Wildman–Crippen MR) is 55.6 cm³/mol. The molecule has 0 aliphatic carbocycles. The van der Waals surface area contributed by atoms with E-state index >= 15 is 0 Å². The van der Waals surface area contributed by atoms with E-state index in [1.165, 1.54) is 6.92 Å². The molecule has 6 nitrogen and oxygen atoms in total. The first-order valence-corrected chi connectivity index (χ1v) is 4.71. The fourth-order valence-electron chi connectivity index (χ4n) is 1.19. The molecule has 1 amide bonds. The molecular formula is C10H7F2N3O3. The molecule has 94 valence electrons. The van der Waals surface area contributed by atoms with Crippen molar-refractivity contribution in [3.63, 3.8) is 0 Å². The zero-order valence-corrected chi connectivity index (χ0v) is 9.11. The summed E-state index contributed by atoms with van der Waals surface area (Å²) < 4.78 is 26.9. The number of halogens is 2. The molecule has 0 saturated carbocycles. The Labute approximate surface area is 100.0 Å². The van der Waals surface area contributed by atoms with E-state index in [4.69, 9.17) is 5.26 Å². The molecule has 0 aliphatic rings. The fourth-order valence-corrected chi connectivity index (χ4v) is 1.19. The average molecular weight is 255 g/mol. The lowest BCUT2D eigenvalue weighted by molar-refractivity contribution is -0.387. The topological polar surface area (TPSA) is 96.0 Å². The van der Waals surface area contributed by atoms with E-state index in [-0.39, 0.29) is 0 Å². The lowest BCUT2D eigenvalue weighted by atomic mass is 10.1. The van der Waals surface area contributed by atoms with Crippen LogP contribution in [0.2, 0.25) is 0 Å². The van der Waals surface area contributed by atoms with Crippen LogP contribution in [0.4, 0.5) is 14.5 Å². The molecule has 1 unspecified atom stereocenters. The SMILES string of the molecule is CC(C#N)NC(=O)c1c(F)ccc([N+](=O)[O-])c1F. The number of nitriles is 1. The van der Waals surface area contributed by atoms with Crippen molar-refractivity contribution in [1.82, 2.24) is 5.32 Å². The van der Waals surface area contributed by atoms with Gasteiger partial charge in [-0.2, -0.15) is 9.65 Å². The molecule has 1 rings (SSSR count). The zero-order chi connectivity index (χ0) is 13.9. The summed E-state index contributed by atoms with van der Waals surface area (Å²) in [5, 5.41) is 20.9. The van der Waals surface area contributed by atoms with Gasteiger partial charge in [0.1, 0.15) is 17.4 Å². The van der Waals surface area contributed by atoms with Gasteiger partial charge in [0, 0.05) is 6.07 Å². The van der Waals surface area contributed by atoms with Crippen molar-refractivity contribution < 1.29 is 18.5 Å². The second-order valence-corrected chi connectivity index (χ2v) is 3.34. The molecule has 0 heterocycles. The van der Waals surface area contributed by atoms with E-state index in [2.05, 4.69) is 0 Å². The molecule has 0 radical (unpaired) electrons. The number of hydrogen-bond acceptors (Lipinski definition) is 4. The van der Waals surface area contributed by atoms with Gasteiger partial charge in [-0.1, -0.05) is 0 Å². The Hall–Kier alpha value is -2.56. The van der Waals surface area contributed by atoms with Crippen molar-refractivity contribution in [3.05, 3.63) is 39.4 Å². The molecule has 0 fully saturated rings. The minimum atomic E-state index is -1.57. The number of benzene rings is 1. The standard InChI is InChI=1S/C10H7F2N3O3/c1-5(4-13)14-10(16)8-6(11)2-3-7(9(8)12)15(17)18/h2-3,5H,1H3,(H,14,16). The minimum Gasteiger partial charge on any atom is -0.336 e. The first kappa shape index (κ1) is 13.5.